The van der Waals surface area contributed by atoms with Crippen molar-refractivity contribution in [2.24, 2.45) is 4.99 Å². The van der Waals surface area contributed by atoms with Crippen molar-refractivity contribution in [2.45, 2.75) is 13.5 Å². The third-order valence-electron chi connectivity index (χ3n) is 6.31. The Morgan fingerprint density at radius 2 is 1.90 bits per heavy atom. The Kier molecular flexibility index (Phi) is 6.26. The van der Waals surface area contributed by atoms with E-state index in [0.717, 1.165) is 39.0 Å². The van der Waals surface area contributed by atoms with E-state index in [0.29, 0.717) is 35.2 Å². The lowest BCUT2D eigenvalue weighted by atomic mass is 10.1. The van der Waals surface area contributed by atoms with Gasteiger partial charge in [0.25, 0.3) is 0 Å². The molecule has 2 N–H and O–H groups in total. The number of aromatic nitrogens is 7. The fourth-order valence-corrected chi connectivity index (χ4v) is 4.32. The molecule has 5 heterocycles. The van der Waals surface area contributed by atoms with Gasteiger partial charge in [-0.05, 0) is 37.4 Å². The number of fused-ring (bicyclic) bond motifs is 2. The van der Waals surface area contributed by atoms with Crippen LogP contribution in [0.5, 0.6) is 5.75 Å². The van der Waals surface area contributed by atoms with Crippen molar-refractivity contribution in [3.05, 3.63) is 90.8 Å². The number of aromatic amines is 2. The largest absolute Gasteiger partial charge is 0.487 e. The SMILES string of the molecule is C=N/C(C)=C\N(C)c1ccnc2[nH]c(-c3n[nH]c4ncc(-c5cncc(OCc6ccccc6)c5)cc34)nc12. The molecule has 10 heteroatoms. The molecule has 0 radical (unpaired) electrons. The van der Waals surface area contributed by atoms with Crippen LogP contribution in [0.25, 0.3) is 44.8 Å². The molecule has 10 nitrogen and oxygen atoms in total. The van der Waals surface area contributed by atoms with Crippen LogP contribution in [-0.2, 0) is 6.61 Å². The Labute approximate surface area is 224 Å². The fraction of sp³-hybridized carbons (Fsp3) is 0.103. The maximum atomic E-state index is 5.97. The van der Waals surface area contributed by atoms with E-state index >= 15 is 0 Å². The van der Waals surface area contributed by atoms with Crippen molar-refractivity contribution < 1.29 is 4.74 Å². The predicted molar refractivity (Wildman–Crippen MR) is 152 cm³/mol. The number of hydrogen-bond donors (Lipinski definition) is 2. The molecular formula is C29H25N9O. The summed E-state index contributed by atoms with van der Waals surface area (Å²) in [4.78, 5) is 27.5. The minimum absolute atomic E-state index is 0.464. The van der Waals surface area contributed by atoms with Gasteiger partial charge in [0.05, 0.1) is 23.0 Å². The lowest BCUT2D eigenvalue weighted by Crippen LogP contribution is -2.09. The van der Waals surface area contributed by atoms with Gasteiger partial charge in [-0.2, -0.15) is 5.10 Å². The zero-order valence-electron chi connectivity index (χ0n) is 21.5. The van der Waals surface area contributed by atoms with Crippen molar-refractivity contribution in [3.8, 4) is 28.4 Å². The van der Waals surface area contributed by atoms with E-state index < -0.39 is 0 Å². The minimum Gasteiger partial charge on any atom is -0.487 e. The standard InChI is InChI=1S/C29H25N9O/c1-18(30-2)16-38(3)24-9-10-32-28-26(24)34-29(35-28)25-23-12-21(14-33-27(23)37-36-25)20-11-22(15-31-13-20)39-17-19-7-5-4-6-8-19/h4-16H,2,17H2,1,3H3,(H,32,34,35)(H,33,36,37)/b18-16-. The molecule has 0 amide bonds. The highest BCUT2D eigenvalue weighted by atomic mass is 16.5. The van der Waals surface area contributed by atoms with Crippen molar-refractivity contribution >= 4 is 34.6 Å². The number of H-pyrrole nitrogens is 2. The summed E-state index contributed by atoms with van der Waals surface area (Å²) in [6.45, 7) is 5.94. The molecule has 0 unspecified atom stereocenters. The van der Waals surface area contributed by atoms with Gasteiger partial charge >= 0.3 is 0 Å². The molecule has 192 valence electrons. The highest BCUT2D eigenvalue weighted by Gasteiger charge is 2.17. The summed E-state index contributed by atoms with van der Waals surface area (Å²) in [6.07, 6.45) is 8.92. The quantitative estimate of drug-likeness (QED) is 0.256. The van der Waals surface area contributed by atoms with Crippen molar-refractivity contribution in [1.82, 2.24) is 35.1 Å². The van der Waals surface area contributed by atoms with Gasteiger partial charge in [-0.3, -0.25) is 15.1 Å². The fourth-order valence-electron chi connectivity index (χ4n) is 4.32. The van der Waals surface area contributed by atoms with Gasteiger partial charge in [-0.15, -0.1) is 0 Å². The number of nitrogens with one attached hydrogen (secondary N) is 2. The predicted octanol–water partition coefficient (Wildman–Crippen LogP) is 5.54. The molecule has 0 aliphatic carbocycles. The number of nitrogens with zero attached hydrogens (tertiary/aromatic N) is 7. The number of benzene rings is 1. The van der Waals surface area contributed by atoms with Gasteiger partial charge in [-0.1, -0.05) is 30.3 Å². The molecule has 0 saturated carbocycles. The number of aliphatic imine (C=N–C) groups is 1. The number of imidazole rings is 1. The van der Waals surface area contributed by atoms with Crippen LogP contribution in [-0.4, -0.2) is 48.9 Å². The third kappa shape index (κ3) is 4.82. The number of hydrogen-bond acceptors (Lipinski definition) is 8. The molecule has 39 heavy (non-hydrogen) atoms. The van der Waals surface area contributed by atoms with E-state index in [4.69, 9.17) is 9.72 Å². The number of pyridine rings is 3. The summed E-state index contributed by atoms with van der Waals surface area (Å²) in [5, 5.41) is 8.35. The second-order valence-corrected chi connectivity index (χ2v) is 9.03. The minimum atomic E-state index is 0.464. The first-order valence-corrected chi connectivity index (χ1v) is 12.3. The average molecular weight is 516 g/mol. The van der Waals surface area contributed by atoms with Gasteiger partial charge in [-0.25, -0.2) is 15.0 Å². The third-order valence-corrected chi connectivity index (χ3v) is 6.31. The molecule has 5 aromatic heterocycles. The van der Waals surface area contributed by atoms with Crippen LogP contribution < -0.4 is 9.64 Å². The molecule has 0 saturated heterocycles. The monoisotopic (exact) mass is 515 g/mol. The zero-order chi connectivity index (χ0) is 26.8. The van der Waals surface area contributed by atoms with Crippen LogP contribution in [0.3, 0.4) is 0 Å². The Balaban J connectivity index is 1.34. The summed E-state index contributed by atoms with van der Waals surface area (Å²) in [5.41, 5.74) is 7.20. The molecule has 6 aromatic rings. The zero-order valence-corrected chi connectivity index (χ0v) is 21.5. The summed E-state index contributed by atoms with van der Waals surface area (Å²) in [5.74, 6) is 1.27. The van der Waals surface area contributed by atoms with Crippen LogP contribution in [0, 0.1) is 0 Å². The Bertz CT molecular complexity index is 1820. The van der Waals surface area contributed by atoms with Gasteiger partial charge in [0.15, 0.2) is 17.1 Å². The topological polar surface area (TPSA) is 121 Å². The maximum Gasteiger partial charge on any atom is 0.161 e. The smallest absolute Gasteiger partial charge is 0.161 e. The van der Waals surface area contributed by atoms with Gasteiger partial charge in [0.1, 0.15) is 23.6 Å². The Hall–Kier alpha value is -5.38. The van der Waals surface area contributed by atoms with E-state index in [1.54, 1.807) is 24.8 Å². The van der Waals surface area contributed by atoms with E-state index in [9.17, 15) is 0 Å². The second-order valence-electron chi connectivity index (χ2n) is 9.03. The second kappa shape index (κ2) is 10.2. The average Bonchev–Trinajstić information content (AvgIpc) is 3.60. The molecule has 1 aromatic carbocycles. The lowest BCUT2D eigenvalue weighted by molar-refractivity contribution is 0.305. The first-order chi connectivity index (χ1) is 19.1. The van der Waals surface area contributed by atoms with Crippen LogP contribution in [0.2, 0.25) is 0 Å². The van der Waals surface area contributed by atoms with Gasteiger partial charge in [0.2, 0.25) is 0 Å². The Morgan fingerprint density at radius 3 is 2.74 bits per heavy atom. The van der Waals surface area contributed by atoms with E-state index in [-0.39, 0.29) is 0 Å². The number of anilines is 1. The van der Waals surface area contributed by atoms with Gasteiger partial charge in [0, 0.05) is 43.0 Å². The summed E-state index contributed by atoms with van der Waals surface area (Å²) < 4.78 is 5.97. The molecule has 0 bridgehead atoms. The van der Waals surface area contributed by atoms with Crippen LogP contribution in [0.4, 0.5) is 5.69 Å². The van der Waals surface area contributed by atoms with Crippen LogP contribution >= 0.6 is 0 Å². The van der Waals surface area contributed by atoms with Crippen molar-refractivity contribution in [1.29, 1.82) is 0 Å². The Morgan fingerprint density at radius 1 is 1.05 bits per heavy atom. The maximum absolute atomic E-state index is 5.97. The van der Waals surface area contributed by atoms with Crippen molar-refractivity contribution in [3.63, 3.8) is 0 Å². The molecule has 0 spiro atoms. The molecule has 0 atom stereocenters. The summed E-state index contributed by atoms with van der Waals surface area (Å²) in [7, 11) is 1.93. The van der Waals surface area contributed by atoms with E-state index in [1.165, 1.54) is 0 Å². The summed E-state index contributed by atoms with van der Waals surface area (Å²) in [6, 6.07) is 15.9. The highest BCUT2D eigenvalue weighted by molar-refractivity contribution is 5.95. The first kappa shape index (κ1) is 24.0. The van der Waals surface area contributed by atoms with Crippen LogP contribution in [0.1, 0.15) is 12.5 Å². The van der Waals surface area contributed by atoms with Gasteiger partial charge < -0.3 is 14.6 Å². The molecular weight excluding hydrogens is 490 g/mol. The molecule has 0 fully saturated rings. The van der Waals surface area contributed by atoms with E-state index in [1.807, 2.05) is 73.6 Å². The lowest BCUT2D eigenvalue weighted by Gasteiger charge is -2.14. The molecule has 6 rings (SSSR count). The number of rotatable bonds is 8. The number of ether oxygens (including phenoxy) is 1. The first-order valence-electron chi connectivity index (χ1n) is 12.3. The van der Waals surface area contributed by atoms with Crippen LogP contribution in [0.15, 0.2) is 90.2 Å². The highest BCUT2D eigenvalue weighted by Crippen LogP contribution is 2.31. The van der Waals surface area contributed by atoms with E-state index in [2.05, 4.69) is 41.8 Å². The normalized spacial score (nSPS) is 11.7. The molecule has 0 aliphatic heterocycles. The number of allylic oxidation sites excluding steroid dienone is 1. The summed E-state index contributed by atoms with van der Waals surface area (Å²) >= 11 is 0. The molecule has 0 aliphatic rings. The van der Waals surface area contributed by atoms with Crippen molar-refractivity contribution in [2.75, 3.05) is 11.9 Å².